The molecule has 0 saturated heterocycles. The molecule has 1 aliphatic carbocycles. The van der Waals surface area contributed by atoms with Gasteiger partial charge in [0.05, 0.1) is 4.90 Å². The Morgan fingerprint density at radius 3 is 2.32 bits per heavy atom. The summed E-state index contributed by atoms with van der Waals surface area (Å²) in [5, 5.41) is 1.42. The molecule has 3 rings (SSSR count). The molecule has 0 amide bonds. The van der Waals surface area contributed by atoms with E-state index in [1.54, 1.807) is 24.3 Å². The minimum atomic E-state index is -3.35. The molecule has 0 radical (unpaired) electrons. The second-order valence-corrected chi connectivity index (χ2v) is 6.46. The molecule has 0 spiro atoms. The summed E-state index contributed by atoms with van der Waals surface area (Å²) in [7, 11) is -3.35. The van der Waals surface area contributed by atoms with Crippen LogP contribution in [0.1, 0.15) is 17.5 Å². The van der Waals surface area contributed by atoms with Crippen molar-refractivity contribution in [1.82, 2.24) is 0 Å². The SMILES string of the molecule is O=S(=O)(/C=C1\CCc2ccccc21)c1ccccc1. The van der Waals surface area contributed by atoms with Gasteiger partial charge in [-0.15, -0.1) is 0 Å². The number of aryl methyl sites for hydroxylation is 1. The van der Waals surface area contributed by atoms with Crippen LogP contribution in [0.2, 0.25) is 0 Å². The van der Waals surface area contributed by atoms with Crippen molar-refractivity contribution in [1.29, 1.82) is 0 Å². The van der Waals surface area contributed by atoms with Crippen molar-refractivity contribution in [2.75, 3.05) is 0 Å². The molecule has 0 heterocycles. The Morgan fingerprint density at radius 1 is 0.842 bits per heavy atom. The molecule has 2 aromatic rings. The van der Waals surface area contributed by atoms with Gasteiger partial charge in [0.2, 0.25) is 0 Å². The van der Waals surface area contributed by atoms with E-state index in [0.29, 0.717) is 4.90 Å². The quantitative estimate of drug-likeness (QED) is 0.837. The third kappa shape index (κ3) is 2.34. The van der Waals surface area contributed by atoms with Crippen LogP contribution in [0.25, 0.3) is 5.57 Å². The highest BCUT2D eigenvalue weighted by Gasteiger charge is 2.19. The number of fused-ring (bicyclic) bond motifs is 1. The van der Waals surface area contributed by atoms with E-state index in [1.165, 1.54) is 11.0 Å². The van der Waals surface area contributed by atoms with Crippen molar-refractivity contribution in [2.24, 2.45) is 0 Å². The van der Waals surface area contributed by atoms with Crippen molar-refractivity contribution < 1.29 is 8.42 Å². The van der Waals surface area contributed by atoms with Gasteiger partial charge in [0.25, 0.3) is 0 Å². The monoisotopic (exact) mass is 270 g/mol. The summed E-state index contributed by atoms with van der Waals surface area (Å²) in [5.74, 6) is 0. The fraction of sp³-hybridized carbons (Fsp3) is 0.125. The molecule has 19 heavy (non-hydrogen) atoms. The molecule has 0 aliphatic heterocycles. The number of hydrogen-bond donors (Lipinski definition) is 0. The van der Waals surface area contributed by atoms with E-state index in [2.05, 4.69) is 6.07 Å². The average Bonchev–Trinajstić information content (AvgIpc) is 2.83. The van der Waals surface area contributed by atoms with Gasteiger partial charge in [0.15, 0.2) is 9.84 Å². The molecule has 2 nitrogen and oxygen atoms in total. The molecule has 0 unspecified atom stereocenters. The van der Waals surface area contributed by atoms with Crippen LogP contribution in [-0.4, -0.2) is 8.42 Å². The Hall–Kier alpha value is -1.87. The minimum absolute atomic E-state index is 0.354. The molecule has 0 atom stereocenters. The number of rotatable bonds is 2. The lowest BCUT2D eigenvalue weighted by molar-refractivity contribution is 0.604. The smallest absolute Gasteiger partial charge is 0.200 e. The van der Waals surface area contributed by atoms with Gasteiger partial charge < -0.3 is 0 Å². The first-order chi connectivity index (χ1) is 9.17. The number of benzene rings is 2. The summed E-state index contributed by atoms with van der Waals surface area (Å²) >= 11 is 0. The molecule has 2 aromatic carbocycles. The van der Waals surface area contributed by atoms with Crippen LogP contribution < -0.4 is 0 Å². The normalized spacial score (nSPS) is 16.5. The van der Waals surface area contributed by atoms with Gasteiger partial charge in [-0.3, -0.25) is 0 Å². The van der Waals surface area contributed by atoms with E-state index in [0.717, 1.165) is 24.0 Å². The maximum absolute atomic E-state index is 12.3. The van der Waals surface area contributed by atoms with Crippen LogP contribution in [0, 0.1) is 0 Å². The van der Waals surface area contributed by atoms with Crippen LogP contribution in [0.3, 0.4) is 0 Å². The van der Waals surface area contributed by atoms with Gasteiger partial charge in [0.1, 0.15) is 0 Å². The molecule has 0 bridgehead atoms. The predicted octanol–water partition coefficient (Wildman–Crippen LogP) is 3.45. The van der Waals surface area contributed by atoms with Gasteiger partial charge in [-0.25, -0.2) is 8.42 Å². The van der Waals surface area contributed by atoms with Crippen LogP contribution in [0.15, 0.2) is 64.9 Å². The highest BCUT2D eigenvalue weighted by atomic mass is 32.2. The lowest BCUT2D eigenvalue weighted by Gasteiger charge is -2.02. The molecular formula is C16H14O2S. The number of sulfone groups is 1. The third-order valence-corrected chi connectivity index (χ3v) is 4.92. The summed E-state index contributed by atoms with van der Waals surface area (Å²) < 4.78 is 24.6. The van der Waals surface area contributed by atoms with Crippen LogP contribution in [-0.2, 0) is 16.3 Å². The second kappa shape index (κ2) is 4.67. The maximum atomic E-state index is 12.3. The van der Waals surface area contributed by atoms with E-state index in [-0.39, 0.29) is 0 Å². The largest absolute Gasteiger partial charge is 0.219 e. The minimum Gasteiger partial charge on any atom is -0.219 e. The lowest BCUT2D eigenvalue weighted by atomic mass is 10.1. The Kier molecular flexibility index (Phi) is 2.99. The first-order valence-electron chi connectivity index (χ1n) is 6.26. The van der Waals surface area contributed by atoms with Gasteiger partial charge in [-0.1, -0.05) is 42.5 Å². The number of allylic oxidation sites excluding steroid dienone is 1. The first kappa shape index (κ1) is 12.2. The fourth-order valence-corrected chi connectivity index (χ4v) is 3.74. The van der Waals surface area contributed by atoms with Gasteiger partial charge in [-0.2, -0.15) is 0 Å². The van der Waals surface area contributed by atoms with Gasteiger partial charge >= 0.3 is 0 Å². The zero-order chi connectivity index (χ0) is 13.3. The van der Waals surface area contributed by atoms with Crippen molar-refractivity contribution in [3.63, 3.8) is 0 Å². The predicted molar refractivity (Wildman–Crippen MR) is 76.4 cm³/mol. The molecular weight excluding hydrogens is 256 g/mol. The van der Waals surface area contributed by atoms with Crippen molar-refractivity contribution >= 4 is 15.4 Å². The fourth-order valence-electron chi connectivity index (χ4n) is 2.44. The highest BCUT2D eigenvalue weighted by Crippen LogP contribution is 2.33. The van der Waals surface area contributed by atoms with Crippen molar-refractivity contribution in [3.8, 4) is 0 Å². The summed E-state index contributed by atoms with van der Waals surface area (Å²) in [6.45, 7) is 0. The summed E-state index contributed by atoms with van der Waals surface area (Å²) in [4.78, 5) is 0.354. The molecule has 1 aliphatic rings. The first-order valence-corrected chi connectivity index (χ1v) is 7.80. The Labute approximate surface area is 113 Å². The van der Waals surface area contributed by atoms with Crippen molar-refractivity contribution in [3.05, 3.63) is 71.1 Å². The highest BCUT2D eigenvalue weighted by molar-refractivity contribution is 7.94. The zero-order valence-electron chi connectivity index (χ0n) is 10.4. The molecule has 0 saturated carbocycles. The van der Waals surface area contributed by atoms with Crippen LogP contribution in [0.5, 0.6) is 0 Å². The molecule has 96 valence electrons. The summed E-state index contributed by atoms with van der Waals surface area (Å²) in [6, 6.07) is 16.6. The van der Waals surface area contributed by atoms with E-state index in [1.807, 2.05) is 24.3 Å². The Balaban J connectivity index is 2.05. The maximum Gasteiger partial charge on any atom is 0.200 e. The topological polar surface area (TPSA) is 34.1 Å². The van der Waals surface area contributed by atoms with E-state index < -0.39 is 9.84 Å². The zero-order valence-corrected chi connectivity index (χ0v) is 11.2. The van der Waals surface area contributed by atoms with E-state index in [4.69, 9.17) is 0 Å². The van der Waals surface area contributed by atoms with E-state index in [9.17, 15) is 8.42 Å². The van der Waals surface area contributed by atoms with Crippen LogP contribution in [0.4, 0.5) is 0 Å². The summed E-state index contributed by atoms with van der Waals surface area (Å²) in [5.41, 5.74) is 3.22. The Bertz CT molecular complexity index is 728. The van der Waals surface area contributed by atoms with Crippen LogP contribution >= 0.6 is 0 Å². The molecule has 0 aromatic heterocycles. The van der Waals surface area contributed by atoms with E-state index >= 15 is 0 Å². The van der Waals surface area contributed by atoms with Gasteiger partial charge in [0, 0.05) is 5.41 Å². The van der Waals surface area contributed by atoms with Crippen molar-refractivity contribution in [2.45, 2.75) is 17.7 Å². The third-order valence-electron chi connectivity index (χ3n) is 3.40. The second-order valence-electron chi connectivity index (χ2n) is 4.66. The standard InChI is InChI=1S/C16H14O2S/c17-19(18,15-7-2-1-3-8-15)12-14-11-10-13-6-4-5-9-16(13)14/h1-9,12H,10-11H2/b14-12+. The molecule has 3 heteroatoms. The number of hydrogen-bond acceptors (Lipinski definition) is 2. The summed E-state index contributed by atoms with van der Waals surface area (Å²) in [6.07, 6.45) is 1.72. The molecule has 0 N–H and O–H groups in total. The molecule has 0 fully saturated rings. The average molecular weight is 270 g/mol. The lowest BCUT2D eigenvalue weighted by Crippen LogP contribution is -1.97. The Morgan fingerprint density at radius 2 is 1.53 bits per heavy atom. The van der Waals surface area contributed by atoms with Gasteiger partial charge in [-0.05, 0) is 41.7 Å².